The van der Waals surface area contributed by atoms with Crippen molar-refractivity contribution >= 4 is 34.2 Å². The predicted octanol–water partition coefficient (Wildman–Crippen LogP) is 2.71. The van der Waals surface area contributed by atoms with Crippen LogP contribution in [0.3, 0.4) is 0 Å². The molecule has 1 amide bonds. The molecule has 0 atom stereocenters. The second-order valence-corrected chi connectivity index (χ2v) is 7.43. The lowest BCUT2D eigenvalue weighted by molar-refractivity contribution is -0.116. The summed E-state index contributed by atoms with van der Waals surface area (Å²) >= 11 is 1.07. The lowest BCUT2D eigenvalue weighted by atomic mass is 10.2. The number of fused-ring (bicyclic) bond motifs is 1. The molecule has 2 aromatic heterocycles. The highest BCUT2D eigenvalue weighted by molar-refractivity contribution is 7.04. The molecule has 2 heterocycles. The fourth-order valence-electron chi connectivity index (χ4n) is 3.24. The molecule has 0 aliphatic carbocycles. The van der Waals surface area contributed by atoms with Crippen LogP contribution in [-0.2, 0) is 17.9 Å². The Balaban J connectivity index is 1.63. The molecule has 0 saturated carbocycles. The Hall–Kier alpha value is -3.72. The first-order valence-corrected chi connectivity index (χ1v) is 10.5. The Bertz CT molecular complexity index is 1320. The van der Waals surface area contributed by atoms with Gasteiger partial charge >= 0.3 is 5.69 Å². The van der Waals surface area contributed by atoms with Gasteiger partial charge in [0.1, 0.15) is 12.3 Å². The lowest BCUT2D eigenvalue weighted by Gasteiger charge is -2.12. The molecular weight excluding hydrogens is 416 g/mol. The van der Waals surface area contributed by atoms with Gasteiger partial charge in [0, 0.05) is 11.1 Å². The Morgan fingerprint density at radius 3 is 2.52 bits per heavy atom. The van der Waals surface area contributed by atoms with E-state index in [4.69, 9.17) is 4.74 Å². The lowest BCUT2D eigenvalue weighted by Crippen LogP contribution is -2.41. The molecule has 4 aromatic rings. The fourth-order valence-corrected chi connectivity index (χ4v) is 3.91. The zero-order valence-electron chi connectivity index (χ0n) is 16.8. The highest BCUT2D eigenvalue weighted by atomic mass is 32.1. The first kappa shape index (κ1) is 20.5. The smallest absolute Gasteiger partial charge is 0.332 e. The topological polar surface area (TPSA) is 95.2 Å². The normalized spacial score (nSPS) is 10.9. The molecular formula is C22H20N4O4S. The van der Waals surface area contributed by atoms with Crippen LogP contribution in [0, 0.1) is 0 Å². The van der Waals surface area contributed by atoms with Crippen LogP contribution in [0.25, 0.3) is 11.0 Å². The third kappa shape index (κ3) is 4.41. The van der Waals surface area contributed by atoms with Crippen molar-refractivity contribution in [2.24, 2.45) is 0 Å². The molecule has 0 radical (unpaired) electrons. The molecule has 0 fully saturated rings. The van der Waals surface area contributed by atoms with Crippen LogP contribution in [0.5, 0.6) is 5.75 Å². The number of hydrogen-bond acceptors (Lipinski definition) is 6. The third-order valence-corrected chi connectivity index (χ3v) is 5.30. The van der Waals surface area contributed by atoms with E-state index in [1.807, 2.05) is 37.3 Å². The number of nitrogens with one attached hydrogen (secondary N) is 1. The highest BCUT2D eigenvalue weighted by Crippen LogP contribution is 2.16. The van der Waals surface area contributed by atoms with E-state index in [1.54, 1.807) is 29.6 Å². The van der Waals surface area contributed by atoms with Gasteiger partial charge in [0.2, 0.25) is 5.91 Å². The number of carbonyl (C=O) groups excluding carboxylic acids is 1. The Kier molecular flexibility index (Phi) is 5.94. The first-order valence-electron chi connectivity index (χ1n) is 9.71. The van der Waals surface area contributed by atoms with E-state index >= 15 is 0 Å². The van der Waals surface area contributed by atoms with Crippen LogP contribution < -0.4 is 21.3 Å². The van der Waals surface area contributed by atoms with Gasteiger partial charge in [-0.3, -0.25) is 18.7 Å². The van der Waals surface area contributed by atoms with Crippen molar-refractivity contribution in [3.8, 4) is 5.75 Å². The summed E-state index contributed by atoms with van der Waals surface area (Å²) in [4.78, 5) is 38.6. The van der Waals surface area contributed by atoms with Crippen LogP contribution >= 0.6 is 11.5 Å². The van der Waals surface area contributed by atoms with Gasteiger partial charge in [-0.05, 0) is 48.3 Å². The van der Waals surface area contributed by atoms with Crippen LogP contribution in [0.2, 0.25) is 0 Å². The molecule has 31 heavy (non-hydrogen) atoms. The SMILES string of the molecule is CCOc1ccc(NC(=O)Cn2c(=O)n(Cc3ccccc3)c(=O)c3nscc32)cc1. The molecule has 9 heteroatoms. The number of nitrogens with zero attached hydrogens (tertiary/aromatic N) is 3. The Labute approximate surface area is 181 Å². The number of hydrogen-bond donors (Lipinski definition) is 1. The minimum atomic E-state index is -0.552. The minimum Gasteiger partial charge on any atom is -0.494 e. The molecule has 1 N–H and O–H groups in total. The maximum Gasteiger partial charge on any atom is 0.332 e. The van der Waals surface area contributed by atoms with Crippen LogP contribution in [0.4, 0.5) is 5.69 Å². The zero-order valence-corrected chi connectivity index (χ0v) is 17.6. The molecule has 0 unspecified atom stereocenters. The summed E-state index contributed by atoms with van der Waals surface area (Å²) in [5.41, 5.74) is 0.901. The number of ether oxygens (including phenoxy) is 1. The van der Waals surface area contributed by atoms with E-state index in [0.29, 0.717) is 23.6 Å². The largest absolute Gasteiger partial charge is 0.494 e. The van der Waals surface area contributed by atoms with Crippen molar-refractivity contribution in [2.75, 3.05) is 11.9 Å². The summed E-state index contributed by atoms with van der Waals surface area (Å²) in [6.07, 6.45) is 0. The van der Waals surface area contributed by atoms with Crippen molar-refractivity contribution in [2.45, 2.75) is 20.0 Å². The van der Waals surface area contributed by atoms with Crippen molar-refractivity contribution in [1.82, 2.24) is 13.5 Å². The number of aromatic nitrogens is 3. The molecule has 158 valence electrons. The number of benzene rings is 2. The van der Waals surface area contributed by atoms with Gasteiger partial charge in [-0.2, -0.15) is 4.37 Å². The van der Waals surface area contributed by atoms with Crippen LogP contribution in [-0.4, -0.2) is 26.0 Å². The average molecular weight is 436 g/mol. The molecule has 0 aliphatic heterocycles. The minimum absolute atomic E-state index is 0.104. The number of amides is 1. The summed E-state index contributed by atoms with van der Waals surface area (Å²) in [6.45, 7) is 2.31. The van der Waals surface area contributed by atoms with E-state index in [1.165, 1.54) is 4.57 Å². The molecule has 4 rings (SSSR count). The van der Waals surface area contributed by atoms with E-state index in [0.717, 1.165) is 21.7 Å². The quantitative estimate of drug-likeness (QED) is 0.481. The maximum absolute atomic E-state index is 13.1. The molecule has 0 aliphatic rings. The highest BCUT2D eigenvalue weighted by Gasteiger charge is 2.17. The fraction of sp³-hybridized carbons (Fsp3) is 0.182. The number of anilines is 1. The summed E-state index contributed by atoms with van der Waals surface area (Å²) in [5, 5.41) is 4.38. The molecule has 2 aromatic carbocycles. The van der Waals surface area contributed by atoms with Crippen LogP contribution in [0.1, 0.15) is 12.5 Å². The summed E-state index contributed by atoms with van der Waals surface area (Å²) < 4.78 is 11.9. The Morgan fingerprint density at radius 2 is 1.81 bits per heavy atom. The molecule has 0 bridgehead atoms. The monoisotopic (exact) mass is 436 g/mol. The maximum atomic E-state index is 13.1. The van der Waals surface area contributed by atoms with Gasteiger partial charge in [0.05, 0.1) is 18.7 Å². The van der Waals surface area contributed by atoms with Gasteiger partial charge in [0.15, 0.2) is 5.52 Å². The van der Waals surface area contributed by atoms with Crippen LogP contribution in [0.15, 0.2) is 69.6 Å². The first-order chi connectivity index (χ1) is 15.1. The summed E-state index contributed by atoms with van der Waals surface area (Å²) in [5.74, 6) is 0.319. The van der Waals surface area contributed by atoms with Crippen molar-refractivity contribution in [1.29, 1.82) is 0 Å². The van der Waals surface area contributed by atoms with Gasteiger partial charge in [0.25, 0.3) is 5.56 Å². The van der Waals surface area contributed by atoms with E-state index in [2.05, 4.69) is 9.69 Å². The second-order valence-electron chi connectivity index (χ2n) is 6.80. The summed E-state index contributed by atoms with van der Waals surface area (Å²) in [6, 6.07) is 16.2. The van der Waals surface area contributed by atoms with Gasteiger partial charge < -0.3 is 10.1 Å². The number of carbonyl (C=O) groups is 1. The van der Waals surface area contributed by atoms with E-state index < -0.39 is 11.2 Å². The van der Waals surface area contributed by atoms with Crippen molar-refractivity contribution in [3.63, 3.8) is 0 Å². The summed E-state index contributed by atoms with van der Waals surface area (Å²) in [7, 11) is 0. The average Bonchev–Trinajstić information content (AvgIpc) is 3.27. The molecule has 8 nitrogen and oxygen atoms in total. The second kappa shape index (κ2) is 8.97. The zero-order chi connectivity index (χ0) is 21.8. The molecule has 0 saturated heterocycles. The van der Waals surface area contributed by atoms with Gasteiger partial charge in [-0.1, -0.05) is 30.3 Å². The number of rotatable bonds is 7. The molecule has 0 spiro atoms. The van der Waals surface area contributed by atoms with E-state index in [9.17, 15) is 14.4 Å². The van der Waals surface area contributed by atoms with Gasteiger partial charge in [-0.25, -0.2) is 4.79 Å². The van der Waals surface area contributed by atoms with Gasteiger partial charge in [-0.15, -0.1) is 0 Å². The van der Waals surface area contributed by atoms with E-state index in [-0.39, 0.29) is 24.5 Å². The third-order valence-electron chi connectivity index (χ3n) is 4.69. The Morgan fingerprint density at radius 1 is 1.06 bits per heavy atom. The van der Waals surface area contributed by atoms with Crippen molar-refractivity contribution < 1.29 is 9.53 Å². The van der Waals surface area contributed by atoms with Crippen molar-refractivity contribution in [3.05, 3.63) is 86.4 Å². The standard InChI is InChI=1S/C22H20N4O4S/c1-2-30-17-10-8-16(9-11-17)23-19(27)13-25-18-14-31-24-20(18)21(28)26(22(25)29)12-15-6-4-3-5-7-15/h3-11,14H,2,12-13H2,1H3,(H,23,27). The predicted molar refractivity (Wildman–Crippen MR) is 120 cm³/mol.